The molecule has 2 heterocycles. The summed E-state index contributed by atoms with van der Waals surface area (Å²) in [6, 6.07) is 0. The van der Waals surface area contributed by atoms with Crippen LogP contribution in [0.1, 0.15) is 43.7 Å². The van der Waals surface area contributed by atoms with Gasteiger partial charge < -0.3 is 9.84 Å². The molecule has 0 bridgehead atoms. The fourth-order valence-corrected chi connectivity index (χ4v) is 3.44. The van der Waals surface area contributed by atoms with Gasteiger partial charge in [-0.05, 0) is 26.7 Å². The standard InChI is InChI=1S/C13H21N3OS/c1-5-13(6-2)8-18-12(15-13)14-7-11-9(3)16-17-10(11)4/h5-8H2,1-4H3,(H,14,15). The maximum atomic E-state index is 5.15. The first kappa shape index (κ1) is 13.5. The summed E-state index contributed by atoms with van der Waals surface area (Å²) in [6.07, 6.45) is 2.28. The zero-order valence-corrected chi connectivity index (χ0v) is 12.4. The highest BCUT2D eigenvalue weighted by atomic mass is 32.2. The molecule has 0 unspecified atom stereocenters. The lowest BCUT2D eigenvalue weighted by atomic mass is 9.96. The largest absolute Gasteiger partial charge is 0.361 e. The van der Waals surface area contributed by atoms with Crippen LogP contribution in [0.25, 0.3) is 0 Å². The summed E-state index contributed by atoms with van der Waals surface area (Å²) in [7, 11) is 0. The molecule has 1 aromatic heterocycles. The molecule has 1 saturated heterocycles. The molecular formula is C13H21N3OS. The van der Waals surface area contributed by atoms with Crippen LogP contribution in [0.4, 0.5) is 0 Å². The lowest BCUT2D eigenvalue weighted by Crippen LogP contribution is -2.42. The summed E-state index contributed by atoms with van der Waals surface area (Å²) in [6.45, 7) is 9.01. The molecule has 0 aliphatic carbocycles. The van der Waals surface area contributed by atoms with Crippen molar-refractivity contribution in [3.8, 4) is 0 Å². The van der Waals surface area contributed by atoms with Crippen LogP contribution in [-0.2, 0) is 6.54 Å². The third kappa shape index (κ3) is 2.55. The van der Waals surface area contributed by atoms with Crippen LogP contribution in [-0.4, -0.2) is 21.6 Å². The number of nitrogens with zero attached hydrogens (tertiary/aromatic N) is 2. The number of hydrogen-bond donors (Lipinski definition) is 1. The fraction of sp³-hybridized carbons (Fsp3) is 0.692. The fourth-order valence-electron chi connectivity index (χ4n) is 2.10. The van der Waals surface area contributed by atoms with Crippen molar-refractivity contribution in [1.82, 2.24) is 10.5 Å². The first-order valence-corrected chi connectivity index (χ1v) is 7.46. The summed E-state index contributed by atoms with van der Waals surface area (Å²) in [5.74, 6) is 1.98. The average Bonchev–Trinajstić information content (AvgIpc) is 2.93. The molecule has 0 amide bonds. The van der Waals surface area contributed by atoms with Crippen molar-refractivity contribution in [2.24, 2.45) is 4.99 Å². The SMILES string of the molecule is CCC1(CC)CSC(=NCc2c(C)noc2C)N1. The molecule has 18 heavy (non-hydrogen) atoms. The van der Waals surface area contributed by atoms with Crippen molar-refractivity contribution >= 4 is 16.9 Å². The number of amidine groups is 1. The van der Waals surface area contributed by atoms with Gasteiger partial charge in [0.05, 0.1) is 12.2 Å². The van der Waals surface area contributed by atoms with Gasteiger partial charge in [0.15, 0.2) is 5.17 Å². The Labute approximate surface area is 113 Å². The van der Waals surface area contributed by atoms with Crippen molar-refractivity contribution in [2.75, 3.05) is 5.75 Å². The summed E-state index contributed by atoms with van der Waals surface area (Å²) < 4.78 is 5.15. The smallest absolute Gasteiger partial charge is 0.157 e. The highest BCUT2D eigenvalue weighted by molar-refractivity contribution is 8.14. The summed E-state index contributed by atoms with van der Waals surface area (Å²) in [5, 5.41) is 8.57. The maximum Gasteiger partial charge on any atom is 0.157 e. The topological polar surface area (TPSA) is 50.4 Å². The van der Waals surface area contributed by atoms with E-state index in [1.807, 2.05) is 25.6 Å². The van der Waals surface area contributed by atoms with Gasteiger partial charge in [0.2, 0.25) is 0 Å². The number of aromatic nitrogens is 1. The molecule has 2 rings (SSSR count). The van der Waals surface area contributed by atoms with Crippen LogP contribution in [0.15, 0.2) is 9.52 Å². The molecule has 1 aromatic rings. The first-order chi connectivity index (χ1) is 8.60. The van der Waals surface area contributed by atoms with Gasteiger partial charge in [0.1, 0.15) is 5.76 Å². The third-order valence-electron chi connectivity index (χ3n) is 3.77. The first-order valence-electron chi connectivity index (χ1n) is 6.47. The minimum absolute atomic E-state index is 0.238. The average molecular weight is 267 g/mol. The number of thioether (sulfide) groups is 1. The number of rotatable bonds is 4. The predicted molar refractivity (Wildman–Crippen MR) is 76.0 cm³/mol. The monoisotopic (exact) mass is 267 g/mol. The summed E-state index contributed by atoms with van der Waals surface area (Å²) in [5.41, 5.74) is 2.29. The second-order valence-electron chi connectivity index (χ2n) is 4.83. The third-order valence-corrected chi connectivity index (χ3v) is 4.97. The minimum atomic E-state index is 0.238. The van der Waals surface area contributed by atoms with Gasteiger partial charge in [0.25, 0.3) is 0 Å². The molecule has 1 aliphatic rings. The second-order valence-corrected chi connectivity index (χ2v) is 5.79. The molecule has 100 valence electrons. The van der Waals surface area contributed by atoms with Crippen LogP contribution in [0, 0.1) is 13.8 Å². The van der Waals surface area contributed by atoms with E-state index in [-0.39, 0.29) is 5.54 Å². The number of nitrogens with one attached hydrogen (secondary N) is 1. The Morgan fingerprint density at radius 2 is 2.11 bits per heavy atom. The molecule has 0 atom stereocenters. The summed E-state index contributed by atoms with van der Waals surface area (Å²) in [4.78, 5) is 4.65. The van der Waals surface area contributed by atoms with Crippen molar-refractivity contribution in [3.63, 3.8) is 0 Å². The van der Waals surface area contributed by atoms with Crippen LogP contribution < -0.4 is 5.32 Å². The van der Waals surface area contributed by atoms with E-state index in [2.05, 4.69) is 29.3 Å². The number of hydrogen-bond acceptors (Lipinski definition) is 4. The van der Waals surface area contributed by atoms with Gasteiger partial charge in [-0.2, -0.15) is 0 Å². The normalized spacial score (nSPS) is 20.3. The molecular weight excluding hydrogens is 246 g/mol. The Morgan fingerprint density at radius 1 is 1.39 bits per heavy atom. The van der Waals surface area contributed by atoms with E-state index in [0.29, 0.717) is 6.54 Å². The number of aryl methyl sites for hydroxylation is 2. The van der Waals surface area contributed by atoms with Gasteiger partial charge >= 0.3 is 0 Å². The minimum Gasteiger partial charge on any atom is -0.361 e. The van der Waals surface area contributed by atoms with Crippen LogP contribution in [0.5, 0.6) is 0 Å². The van der Waals surface area contributed by atoms with Crippen LogP contribution in [0.2, 0.25) is 0 Å². The maximum absolute atomic E-state index is 5.15. The van der Waals surface area contributed by atoms with E-state index in [1.54, 1.807) is 0 Å². The lowest BCUT2D eigenvalue weighted by molar-refractivity contribution is 0.392. The van der Waals surface area contributed by atoms with E-state index < -0.39 is 0 Å². The lowest BCUT2D eigenvalue weighted by Gasteiger charge is -2.25. The summed E-state index contributed by atoms with van der Waals surface area (Å²) >= 11 is 1.82. The van der Waals surface area contributed by atoms with Crippen molar-refractivity contribution in [1.29, 1.82) is 0 Å². The van der Waals surface area contributed by atoms with E-state index in [9.17, 15) is 0 Å². The molecule has 1 aliphatic heterocycles. The van der Waals surface area contributed by atoms with Crippen LogP contribution in [0.3, 0.4) is 0 Å². The van der Waals surface area contributed by atoms with E-state index in [4.69, 9.17) is 4.52 Å². The highest BCUT2D eigenvalue weighted by Gasteiger charge is 2.33. The molecule has 4 nitrogen and oxygen atoms in total. The van der Waals surface area contributed by atoms with Gasteiger partial charge in [-0.15, -0.1) is 0 Å². The molecule has 0 spiro atoms. The number of aliphatic imine (C=N–C) groups is 1. The molecule has 0 saturated carbocycles. The Kier molecular flexibility index (Phi) is 4.00. The molecule has 1 N–H and O–H groups in total. The van der Waals surface area contributed by atoms with Gasteiger partial charge in [-0.1, -0.05) is 30.8 Å². The Morgan fingerprint density at radius 3 is 2.61 bits per heavy atom. The van der Waals surface area contributed by atoms with Crippen molar-refractivity contribution < 1.29 is 4.52 Å². The molecule has 5 heteroatoms. The van der Waals surface area contributed by atoms with Crippen LogP contribution >= 0.6 is 11.8 Å². The molecule has 0 aromatic carbocycles. The van der Waals surface area contributed by atoms with Crippen molar-refractivity contribution in [2.45, 2.75) is 52.6 Å². The van der Waals surface area contributed by atoms with E-state index in [1.165, 1.54) is 0 Å². The molecule has 0 radical (unpaired) electrons. The van der Waals surface area contributed by atoms with Gasteiger partial charge in [-0.3, -0.25) is 4.99 Å². The predicted octanol–water partition coefficient (Wildman–Crippen LogP) is 3.04. The highest BCUT2D eigenvalue weighted by Crippen LogP contribution is 2.29. The van der Waals surface area contributed by atoms with Crippen molar-refractivity contribution in [3.05, 3.63) is 17.0 Å². The quantitative estimate of drug-likeness (QED) is 0.911. The van der Waals surface area contributed by atoms with Gasteiger partial charge in [0, 0.05) is 16.9 Å². The van der Waals surface area contributed by atoms with E-state index in [0.717, 1.165) is 40.8 Å². The van der Waals surface area contributed by atoms with E-state index >= 15 is 0 Å². The Balaban J connectivity index is 2.04. The zero-order valence-electron chi connectivity index (χ0n) is 11.5. The Bertz CT molecular complexity index is 430. The molecule has 1 fully saturated rings. The van der Waals surface area contributed by atoms with Gasteiger partial charge in [-0.25, -0.2) is 0 Å². The Hall–Kier alpha value is -0.970. The second kappa shape index (κ2) is 5.34. The zero-order chi connectivity index (χ0) is 13.2.